The van der Waals surface area contributed by atoms with Crippen LogP contribution < -0.4 is 10.1 Å². The van der Waals surface area contributed by atoms with Crippen LogP contribution in [0.25, 0.3) is 10.9 Å². The maximum atomic E-state index is 5.28. The predicted octanol–water partition coefficient (Wildman–Crippen LogP) is 3.06. The fraction of sp³-hybridized carbons (Fsp3) is 0.467. The lowest BCUT2D eigenvalue weighted by Gasteiger charge is -2.07. The quantitative estimate of drug-likeness (QED) is 0.850. The average Bonchev–Trinajstić information content (AvgIpc) is 2.74. The minimum absolute atomic E-state index is 0.509. The molecule has 0 bridgehead atoms. The van der Waals surface area contributed by atoms with Crippen molar-refractivity contribution >= 4 is 10.9 Å². The lowest BCUT2D eigenvalue weighted by atomic mass is 10.0. The Balaban J connectivity index is 2.52. The Morgan fingerprint density at radius 3 is 2.72 bits per heavy atom. The summed E-state index contributed by atoms with van der Waals surface area (Å²) in [6.07, 6.45) is 1.05. The Kier molecular flexibility index (Phi) is 3.92. The number of hydrogen-bond donors (Lipinski definition) is 2. The molecule has 0 aliphatic carbocycles. The SMILES string of the molecule is CNCCc1c(C(C)C)[nH]c2cc(OC)ccc12. The van der Waals surface area contributed by atoms with Gasteiger partial charge in [-0.25, -0.2) is 0 Å². The molecule has 2 rings (SSSR count). The van der Waals surface area contributed by atoms with E-state index in [4.69, 9.17) is 4.74 Å². The van der Waals surface area contributed by atoms with E-state index in [1.54, 1.807) is 7.11 Å². The Morgan fingerprint density at radius 1 is 1.33 bits per heavy atom. The molecule has 1 aromatic heterocycles. The second kappa shape index (κ2) is 5.44. The number of H-pyrrole nitrogens is 1. The highest BCUT2D eigenvalue weighted by molar-refractivity contribution is 5.86. The fourth-order valence-corrected chi connectivity index (χ4v) is 2.39. The van der Waals surface area contributed by atoms with Gasteiger partial charge < -0.3 is 15.0 Å². The molecule has 0 aliphatic rings. The van der Waals surface area contributed by atoms with Gasteiger partial charge in [0.15, 0.2) is 0 Å². The Labute approximate surface area is 109 Å². The van der Waals surface area contributed by atoms with Gasteiger partial charge in [-0.05, 0) is 43.6 Å². The summed E-state index contributed by atoms with van der Waals surface area (Å²) in [5.74, 6) is 1.41. The van der Waals surface area contributed by atoms with Crippen molar-refractivity contribution in [2.24, 2.45) is 0 Å². The summed E-state index contributed by atoms with van der Waals surface area (Å²) in [6, 6.07) is 6.26. The first-order valence-electron chi connectivity index (χ1n) is 6.50. The summed E-state index contributed by atoms with van der Waals surface area (Å²) in [7, 11) is 3.70. The topological polar surface area (TPSA) is 37.0 Å². The number of nitrogens with one attached hydrogen (secondary N) is 2. The van der Waals surface area contributed by atoms with Crippen molar-refractivity contribution < 1.29 is 4.74 Å². The van der Waals surface area contributed by atoms with Gasteiger partial charge >= 0.3 is 0 Å². The number of likely N-dealkylation sites (N-methyl/N-ethyl adjacent to an activating group) is 1. The van der Waals surface area contributed by atoms with Crippen LogP contribution in [0, 0.1) is 0 Å². The lowest BCUT2D eigenvalue weighted by Crippen LogP contribution is -2.11. The molecule has 2 aromatic rings. The van der Waals surface area contributed by atoms with Gasteiger partial charge in [0.2, 0.25) is 0 Å². The first kappa shape index (κ1) is 13.0. The van der Waals surface area contributed by atoms with E-state index in [0.717, 1.165) is 18.7 Å². The molecule has 98 valence electrons. The highest BCUT2D eigenvalue weighted by Crippen LogP contribution is 2.30. The maximum Gasteiger partial charge on any atom is 0.120 e. The molecule has 0 spiro atoms. The molecule has 0 atom stereocenters. The molecular weight excluding hydrogens is 224 g/mol. The molecule has 0 saturated heterocycles. The maximum absolute atomic E-state index is 5.28. The zero-order chi connectivity index (χ0) is 13.1. The van der Waals surface area contributed by atoms with Crippen LogP contribution in [0.1, 0.15) is 31.0 Å². The molecule has 3 nitrogen and oxygen atoms in total. The summed E-state index contributed by atoms with van der Waals surface area (Å²) in [5, 5.41) is 4.54. The van der Waals surface area contributed by atoms with Crippen LogP contribution in [0.3, 0.4) is 0 Å². The Morgan fingerprint density at radius 2 is 2.11 bits per heavy atom. The van der Waals surface area contributed by atoms with Crippen LogP contribution in [-0.4, -0.2) is 25.7 Å². The van der Waals surface area contributed by atoms with E-state index in [0.29, 0.717) is 5.92 Å². The minimum atomic E-state index is 0.509. The van der Waals surface area contributed by atoms with Crippen LogP contribution in [-0.2, 0) is 6.42 Å². The van der Waals surface area contributed by atoms with Crippen LogP contribution in [0.2, 0.25) is 0 Å². The van der Waals surface area contributed by atoms with Gasteiger partial charge in [-0.15, -0.1) is 0 Å². The number of rotatable bonds is 5. The van der Waals surface area contributed by atoms with Crippen molar-refractivity contribution in [2.75, 3.05) is 20.7 Å². The molecule has 0 amide bonds. The van der Waals surface area contributed by atoms with Gasteiger partial charge in [0.25, 0.3) is 0 Å². The van der Waals surface area contributed by atoms with Gasteiger partial charge in [-0.3, -0.25) is 0 Å². The van der Waals surface area contributed by atoms with Crippen molar-refractivity contribution in [3.05, 3.63) is 29.5 Å². The number of methoxy groups -OCH3 is 1. The first-order valence-corrected chi connectivity index (χ1v) is 6.50. The Hall–Kier alpha value is -1.48. The first-order chi connectivity index (χ1) is 8.67. The number of hydrogen-bond acceptors (Lipinski definition) is 2. The summed E-state index contributed by atoms with van der Waals surface area (Å²) >= 11 is 0. The van der Waals surface area contributed by atoms with E-state index < -0.39 is 0 Å². The third kappa shape index (κ3) is 2.36. The summed E-state index contributed by atoms with van der Waals surface area (Å²) in [6.45, 7) is 5.45. The van der Waals surface area contributed by atoms with Gasteiger partial charge in [-0.2, -0.15) is 0 Å². The Bertz CT molecular complexity index is 529. The molecule has 3 heteroatoms. The zero-order valence-corrected chi connectivity index (χ0v) is 11.6. The molecule has 0 fully saturated rings. The predicted molar refractivity (Wildman–Crippen MR) is 76.6 cm³/mol. The van der Waals surface area contributed by atoms with Crippen LogP contribution >= 0.6 is 0 Å². The highest BCUT2D eigenvalue weighted by Gasteiger charge is 2.14. The average molecular weight is 246 g/mol. The number of ether oxygens (including phenoxy) is 1. The molecule has 0 radical (unpaired) electrons. The minimum Gasteiger partial charge on any atom is -0.497 e. The van der Waals surface area contributed by atoms with E-state index in [2.05, 4.69) is 36.3 Å². The third-order valence-electron chi connectivity index (χ3n) is 3.35. The fourth-order valence-electron chi connectivity index (χ4n) is 2.39. The molecule has 1 aromatic carbocycles. The number of aromatic amines is 1. The molecule has 0 aliphatic heterocycles. The number of benzene rings is 1. The molecule has 0 unspecified atom stereocenters. The van der Waals surface area contributed by atoms with Crippen molar-refractivity contribution in [3.63, 3.8) is 0 Å². The van der Waals surface area contributed by atoms with Crippen LogP contribution in [0.5, 0.6) is 5.75 Å². The third-order valence-corrected chi connectivity index (χ3v) is 3.35. The summed E-state index contributed by atoms with van der Waals surface area (Å²) in [4.78, 5) is 3.54. The van der Waals surface area contributed by atoms with E-state index in [-0.39, 0.29) is 0 Å². The number of aromatic nitrogens is 1. The van der Waals surface area contributed by atoms with E-state index >= 15 is 0 Å². The largest absolute Gasteiger partial charge is 0.497 e. The monoisotopic (exact) mass is 246 g/mol. The van der Waals surface area contributed by atoms with Gasteiger partial charge in [0.05, 0.1) is 7.11 Å². The zero-order valence-electron chi connectivity index (χ0n) is 11.6. The number of fused-ring (bicyclic) bond motifs is 1. The summed E-state index contributed by atoms with van der Waals surface area (Å²) in [5.41, 5.74) is 3.94. The molecule has 0 saturated carbocycles. The summed E-state index contributed by atoms with van der Waals surface area (Å²) < 4.78 is 5.28. The second-order valence-corrected chi connectivity index (χ2v) is 4.94. The van der Waals surface area contributed by atoms with Gasteiger partial charge in [0.1, 0.15) is 5.75 Å². The molecule has 1 heterocycles. The smallest absolute Gasteiger partial charge is 0.120 e. The van der Waals surface area contributed by atoms with Gasteiger partial charge in [-0.1, -0.05) is 13.8 Å². The van der Waals surface area contributed by atoms with E-state index in [1.165, 1.54) is 22.2 Å². The van der Waals surface area contributed by atoms with Gasteiger partial charge in [0, 0.05) is 22.7 Å². The molecule has 18 heavy (non-hydrogen) atoms. The van der Waals surface area contributed by atoms with E-state index in [1.807, 2.05) is 13.1 Å². The van der Waals surface area contributed by atoms with Crippen molar-refractivity contribution in [3.8, 4) is 5.75 Å². The molecular formula is C15H22N2O. The van der Waals surface area contributed by atoms with Crippen molar-refractivity contribution in [1.29, 1.82) is 0 Å². The highest BCUT2D eigenvalue weighted by atomic mass is 16.5. The van der Waals surface area contributed by atoms with Crippen molar-refractivity contribution in [1.82, 2.24) is 10.3 Å². The second-order valence-electron chi connectivity index (χ2n) is 4.94. The normalized spacial score (nSPS) is 11.4. The van der Waals surface area contributed by atoms with Crippen LogP contribution in [0.4, 0.5) is 0 Å². The lowest BCUT2D eigenvalue weighted by molar-refractivity contribution is 0.415. The van der Waals surface area contributed by atoms with E-state index in [9.17, 15) is 0 Å². The standard InChI is InChI=1S/C15H22N2O/c1-10(2)15-13(7-8-16-3)12-6-5-11(18-4)9-14(12)17-15/h5-6,9-10,16-17H,7-8H2,1-4H3. The van der Waals surface area contributed by atoms with Crippen LogP contribution in [0.15, 0.2) is 18.2 Å². The molecule has 2 N–H and O–H groups in total. The van der Waals surface area contributed by atoms with Crippen molar-refractivity contribution in [2.45, 2.75) is 26.2 Å².